The van der Waals surface area contributed by atoms with E-state index in [2.05, 4.69) is 56.4 Å². The van der Waals surface area contributed by atoms with Crippen molar-refractivity contribution in [1.82, 2.24) is 0 Å². The zero-order chi connectivity index (χ0) is 17.3. The van der Waals surface area contributed by atoms with Crippen molar-refractivity contribution in [3.63, 3.8) is 0 Å². The molecule has 0 bridgehead atoms. The number of fused-ring (bicyclic) bond motifs is 1. The van der Waals surface area contributed by atoms with Gasteiger partial charge in [0, 0.05) is 30.3 Å². The monoisotopic (exact) mass is 322 g/mol. The van der Waals surface area contributed by atoms with Crippen LogP contribution in [0.5, 0.6) is 0 Å². The number of anilines is 2. The smallest absolute Gasteiger partial charge is 0.224 e. The predicted molar refractivity (Wildman–Crippen MR) is 100 cm³/mol. The largest absolute Gasteiger partial charge is 0.378 e. The molecule has 3 unspecified atom stereocenters. The van der Waals surface area contributed by atoms with Crippen LogP contribution in [0.1, 0.15) is 39.3 Å². The number of para-hydroxylation sites is 2. The molecule has 3 nitrogen and oxygen atoms in total. The second-order valence-corrected chi connectivity index (χ2v) is 7.03. The Morgan fingerprint density at radius 2 is 1.67 bits per heavy atom. The standard InChI is InChI=1S/C21H26N2O/c1-14(2)21-15(3)20(22-17-10-6-5-7-11-17)18-12-8-9-13-19(18)23(21)16(4)24/h5-15,20-22H,1-4H3. The van der Waals surface area contributed by atoms with Gasteiger partial charge < -0.3 is 10.2 Å². The van der Waals surface area contributed by atoms with Crippen molar-refractivity contribution in [1.29, 1.82) is 0 Å². The van der Waals surface area contributed by atoms with Gasteiger partial charge in [-0.2, -0.15) is 0 Å². The number of nitrogens with zero attached hydrogens (tertiary/aromatic N) is 1. The van der Waals surface area contributed by atoms with Crippen LogP contribution in [-0.4, -0.2) is 11.9 Å². The molecule has 1 heterocycles. The first kappa shape index (κ1) is 16.6. The fourth-order valence-electron chi connectivity index (χ4n) is 4.05. The van der Waals surface area contributed by atoms with Gasteiger partial charge >= 0.3 is 0 Å². The quantitative estimate of drug-likeness (QED) is 0.874. The highest BCUT2D eigenvalue weighted by molar-refractivity contribution is 5.94. The highest BCUT2D eigenvalue weighted by atomic mass is 16.2. The molecule has 0 aliphatic carbocycles. The Morgan fingerprint density at radius 3 is 2.29 bits per heavy atom. The zero-order valence-corrected chi connectivity index (χ0v) is 14.9. The zero-order valence-electron chi connectivity index (χ0n) is 14.9. The maximum absolute atomic E-state index is 12.4. The molecule has 3 heteroatoms. The van der Waals surface area contributed by atoms with E-state index in [0.29, 0.717) is 11.8 Å². The lowest BCUT2D eigenvalue weighted by molar-refractivity contribution is -0.117. The number of carbonyl (C=O) groups excluding carboxylic acids is 1. The van der Waals surface area contributed by atoms with Crippen molar-refractivity contribution in [2.45, 2.75) is 39.8 Å². The first-order valence-electron chi connectivity index (χ1n) is 8.71. The summed E-state index contributed by atoms with van der Waals surface area (Å²) < 4.78 is 0. The lowest BCUT2D eigenvalue weighted by atomic mass is 9.77. The van der Waals surface area contributed by atoms with E-state index in [9.17, 15) is 4.79 Å². The lowest BCUT2D eigenvalue weighted by Gasteiger charge is -2.47. The summed E-state index contributed by atoms with van der Waals surface area (Å²) in [4.78, 5) is 14.4. The third-order valence-electron chi connectivity index (χ3n) is 5.01. The van der Waals surface area contributed by atoms with Gasteiger partial charge in [-0.15, -0.1) is 0 Å². The van der Waals surface area contributed by atoms with E-state index in [1.54, 1.807) is 6.92 Å². The van der Waals surface area contributed by atoms with E-state index < -0.39 is 0 Å². The molecule has 0 radical (unpaired) electrons. The van der Waals surface area contributed by atoms with Crippen LogP contribution in [-0.2, 0) is 4.79 Å². The highest BCUT2D eigenvalue weighted by Gasteiger charge is 2.41. The van der Waals surface area contributed by atoms with Crippen LogP contribution in [0.15, 0.2) is 54.6 Å². The number of nitrogens with one attached hydrogen (secondary N) is 1. The molecule has 0 spiro atoms. The van der Waals surface area contributed by atoms with Gasteiger partial charge in [-0.3, -0.25) is 4.79 Å². The van der Waals surface area contributed by atoms with Crippen LogP contribution < -0.4 is 10.2 Å². The minimum atomic E-state index is 0.117. The summed E-state index contributed by atoms with van der Waals surface area (Å²) in [6.45, 7) is 8.32. The van der Waals surface area contributed by atoms with Crippen LogP contribution in [0.3, 0.4) is 0 Å². The molecule has 0 saturated heterocycles. The molecule has 3 atom stereocenters. The Labute approximate surface area is 144 Å². The van der Waals surface area contributed by atoms with Crippen LogP contribution in [0.4, 0.5) is 11.4 Å². The number of hydrogen-bond acceptors (Lipinski definition) is 2. The fourth-order valence-corrected chi connectivity index (χ4v) is 4.05. The SMILES string of the molecule is CC(=O)N1c2ccccc2C(Nc2ccccc2)C(C)C1C(C)C. The van der Waals surface area contributed by atoms with Crippen LogP contribution in [0, 0.1) is 11.8 Å². The summed E-state index contributed by atoms with van der Waals surface area (Å²) in [5.41, 5.74) is 3.35. The number of hydrogen-bond donors (Lipinski definition) is 1. The van der Waals surface area contributed by atoms with Crippen molar-refractivity contribution in [2.75, 3.05) is 10.2 Å². The maximum Gasteiger partial charge on any atom is 0.224 e. The number of benzene rings is 2. The maximum atomic E-state index is 12.4. The van der Waals surface area contributed by atoms with Crippen LogP contribution in [0.2, 0.25) is 0 Å². The van der Waals surface area contributed by atoms with Crippen molar-refractivity contribution in [2.24, 2.45) is 11.8 Å². The van der Waals surface area contributed by atoms with E-state index in [1.165, 1.54) is 5.56 Å². The number of carbonyl (C=O) groups is 1. The molecule has 2 aromatic rings. The van der Waals surface area contributed by atoms with Gasteiger partial charge in [0.1, 0.15) is 0 Å². The molecular formula is C21H26N2O. The normalized spacial score (nSPS) is 23.0. The second-order valence-electron chi connectivity index (χ2n) is 7.03. The third-order valence-corrected chi connectivity index (χ3v) is 5.01. The van der Waals surface area contributed by atoms with E-state index in [0.717, 1.165) is 11.4 Å². The molecule has 3 rings (SSSR count). The number of rotatable bonds is 3. The van der Waals surface area contributed by atoms with Gasteiger partial charge in [0.2, 0.25) is 5.91 Å². The number of amides is 1. The molecule has 1 amide bonds. The molecule has 1 aliphatic heterocycles. The topological polar surface area (TPSA) is 32.3 Å². The van der Waals surface area contributed by atoms with Gasteiger partial charge in [0.15, 0.2) is 0 Å². The van der Waals surface area contributed by atoms with Gasteiger partial charge in [0.25, 0.3) is 0 Å². The molecule has 126 valence electrons. The molecule has 0 aromatic heterocycles. The predicted octanol–water partition coefficient (Wildman–Crippen LogP) is 4.87. The summed E-state index contributed by atoms with van der Waals surface area (Å²) in [5, 5.41) is 3.69. The van der Waals surface area contributed by atoms with Crippen molar-refractivity contribution >= 4 is 17.3 Å². The lowest BCUT2D eigenvalue weighted by Crippen LogP contribution is -2.52. The summed E-state index contributed by atoms with van der Waals surface area (Å²) >= 11 is 0. The van der Waals surface area contributed by atoms with Crippen LogP contribution in [0.25, 0.3) is 0 Å². The Morgan fingerprint density at radius 1 is 1.04 bits per heavy atom. The molecule has 1 aliphatic rings. The second kappa shape index (κ2) is 6.68. The fraction of sp³-hybridized carbons (Fsp3) is 0.381. The minimum absolute atomic E-state index is 0.117. The molecule has 0 fully saturated rings. The molecule has 2 aromatic carbocycles. The third kappa shape index (κ3) is 2.91. The highest BCUT2D eigenvalue weighted by Crippen LogP contribution is 2.44. The summed E-state index contributed by atoms with van der Waals surface area (Å²) in [6, 6.07) is 18.9. The summed E-state index contributed by atoms with van der Waals surface area (Å²) in [7, 11) is 0. The van der Waals surface area contributed by atoms with Gasteiger partial charge in [-0.05, 0) is 29.7 Å². The average molecular weight is 322 g/mol. The summed E-state index contributed by atoms with van der Waals surface area (Å²) in [5.74, 6) is 0.812. The molecular weight excluding hydrogens is 296 g/mol. The average Bonchev–Trinajstić information content (AvgIpc) is 2.57. The molecule has 0 saturated carbocycles. The van der Waals surface area contributed by atoms with Crippen molar-refractivity contribution in [3.8, 4) is 0 Å². The first-order valence-corrected chi connectivity index (χ1v) is 8.71. The van der Waals surface area contributed by atoms with E-state index in [1.807, 2.05) is 29.2 Å². The molecule has 24 heavy (non-hydrogen) atoms. The van der Waals surface area contributed by atoms with E-state index >= 15 is 0 Å². The van der Waals surface area contributed by atoms with Crippen molar-refractivity contribution in [3.05, 3.63) is 60.2 Å². The Balaban J connectivity index is 2.08. The summed E-state index contributed by atoms with van der Waals surface area (Å²) in [6.07, 6.45) is 0. The minimum Gasteiger partial charge on any atom is -0.378 e. The first-order chi connectivity index (χ1) is 11.5. The van der Waals surface area contributed by atoms with Gasteiger partial charge in [-0.25, -0.2) is 0 Å². The van der Waals surface area contributed by atoms with Crippen molar-refractivity contribution < 1.29 is 4.79 Å². The van der Waals surface area contributed by atoms with E-state index in [4.69, 9.17) is 0 Å². The van der Waals surface area contributed by atoms with E-state index in [-0.39, 0.29) is 18.0 Å². The van der Waals surface area contributed by atoms with Crippen LogP contribution >= 0.6 is 0 Å². The van der Waals surface area contributed by atoms with Gasteiger partial charge in [-0.1, -0.05) is 57.2 Å². The Hall–Kier alpha value is -2.29. The molecule has 1 N–H and O–H groups in total. The van der Waals surface area contributed by atoms with Gasteiger partial charge in [0.05, 0.1) is 6.04 Å². The Bertz CT molecular complexity index is 711. The Kier molecular flexibility index (Phi) is 4.61.